The number of esters is 1. The van der Waals surface area contributed by atoms with Crippen LogP contribution in [0.2, 0.25) is 0 Å². The summed E-state index contributed by atoms with van der Waals surface area (Å²) < 4.78 is 20.3. The number of pyridine rings is 1. The summed E-state index contributed by atoms with van der Waals surface area (Å²) in [6, 6.07) is 8.20. The van der Waals surface area contributed by atoms with Crippen LogP contribution in [0.1, 0.15) is 53.7 Å². The van der Waals surface area contributed by atoms with E-state index in [0.29, 0.717) is 25.3 Å². The first-order valence-corrected chi connectivity index (χ1v) is 11.4. The summed E-state index contributed by atoms with van der Waals surface area (Å²) >= 11 is 0. The summed E-state index contributed by atoms with van der Waals surface area (Å²) in [6.07, 6.45) is 3.38. The molecule has 33 heavy (non-hydrogen) atoms. The molecule has 1 amide bonds. The van der Waals surface area contributed by atoms with Crippen LogP contribution in [0, 0.1) is 18.7 Å². The van der Waals surface area contributed by atoms with Crippen molar-refractivity contribution in [3.05, 3.63) is 59.2 Å². The second-order valence-corrected chi connectivity index (χ2v) is 8.60. The van der Waals surface area contributed by atoms with E-state index >= 15 is 0 Å². The van der Waals surface area contributed by atoms with Gasteiger partial charge in [0.25, 0.3) is 5.91 Å². The van der Waals surface area contributed by atoms with Gasteiger partial charge in [0, 0.05) is 31.7 Å². The third kappa shape index (κ3) is 4.89. The molecule has 0 N–H and O–H groups in total. The van der Waals surface area contributed by atoms with Crippen molar-refractivity contribution >= 4 is 22.9 Å². The Morgan fingerprint density at radius 3 is 2.58 bits per heavy atom. The minimum absolute atomic E-state index is 0.0465. The van der Waals surface area contributed by atoms with Gasteiger partial charge < -0.3 is 9.64 Å². The second kappa shape index (κ2) is 9.68. The van der Waals surface area contributed by atoms with Crippen LogP contribution in [-0.4, -0.2) is 51.2 Å². The molecule has 174 valence electrons. The van der Waals surface area contributed by atoms with Gasteiger partial charge in [-0.05, 0) is 62.3 Å². The number of hydrogen-bond donors (Lipinski definition) is 0. The zero-order valence-electron chi connectivity index (χ0n) is 19.3. The van der Waals surface area contributed by atoms with E-state index < -0.39 is 0 Å². The van der Waals surface area contributed by atoms with E-state index in [-0.39, 0.29) is 36.0 Å². The van der Waals surface area contributed by atoms with E-state index in [1.165, 1.54) is 12.1 Å². The highest BCUT2D eigenvalue weighted by molar-refractivity contribution is 5.97. The molecule has 1 aliphatic heterocycles. The van der Waals surface area contributed by atoms with Crippen molar-refractivity contribution in [3.8, 4) is 0 Å². The molecule has 3 aromatic rings. The van der Waals surface area contributed by atoms with Crippen LogP contribution in [0.4, 0.5) is 4.39 Å². The Labute approximate surface area is 192 Å². The molecule has 1 saturated heterocycles. The van der Waals surface area contributed by atoms with Crippen LogP contribution in [0.5, 0.6) is 0 Å². The molecule has 0 saturated carbocycles. The second-order valence-electron chi connectivity index (χ2n) is 8.60. The molecule has 3 heterocycles. The molecule has 0 radical (unpaired) electrons. The maximum Gasteiger partial charge on any atom is 0.306 e. The highest BCUT2D eigenvalue weighted by Crippen LogP contribution is 2.36. The first-order chi connectivity index (χ1) is 15.9. The lowest BCUT2D eigenvalue weighted by atomic mass is 9.78. The zero-order valence-corrected chi connectivity index (χ0v) is 19.3. The maximum atomic E-state index is 13.5. The van der Waals surface area contributed by atoms with Crippen molar-refractivity contribution in [2.75, 3.05) is 19.7 Å². The normalized spacial score (nSPS) is 15.6. The number of amides is 1. The number of aromatic nitrogens is 3. The summed E-state index contributed by atoms with van der Waals surface area (Å²) in [5, 5.41) is 5.25. The van der Waals surface area contributed by atoms with E-state index in [2.05, 4.69) is 10.1 Å². The quantitative estimate of drug-likeness (QED) is 0.528. The summed E-state index contributed by atoms with van der Waals surface area (Å²) in [5.74, 6) is -0.474. The molecule has 1 fully saturated rings. The fraction of sp³-hybridized carbons (Fsp3) is 0.440. The molecule has 0 bridgehead atoms. The van der Waals surface area contributed by atoms with Crippen LogP contribution in [0.3, 0.4) is 0 Å². The van der Waals surface area contributed by atoms with Gasteiger partial charge in [-0.15, -0.1) is 0 Å². The average Bonchev–Trinajstić information content (AvgIpc) is 3.11. The Kier molecular flexibility index (Phi) is 6.72. The first-order valence-electron chi connectivity index (χ1n) is 11.4. The molecule has 2 aromatic heterocycles. The molecule has 1 atom stereocenters. The molecule has 1 aliphatic rings. The Morgan fingerprint density at radius 2 is 1.91 bits per heavy atom. The molecule has 8 heteroatoms. The Hall–Kier alpha value is -3.29. The van der Waals surface area contributed by atoms with Crippen molar-refractivity contribution in [1.29, 1.82) is 0 Å². The van der Waals surface area contributed by atoms with Gasteiger partial charge >= 0.3 is 5.97 Å². The van der Waals surface area contributed by atoms with Gasteiger partial charge in [-0.2, -0.15) is 5.10 Å². The molecule has 0 aliphatic carbocycles. The third-order valence-corrected chi connectivity index (χ3v) is 6.50. The van der Waals surface area contributed by atoms with Gasteiger partial charge in [-0.3, -0.25) is 14.3 Å². The predicted molar refractivity (Wildman–Crippen MR) is 122 cm³/mol. The Balaban J connectivity index is 1.47. The van der Waals surface area contributed by atoms with Gasteiger partial charge in [-0.1, -0.05) is 12.1 Å². The molecular formula is C25H29FN4O3. The molecule has 4 rings (SSSR count). The molecule has 7 nitrogen and oxygen atoms in total. The topological polar surface area (TPSA) is 77.3 Å². The number of halogens is 1. The zero-order chi connectivity index (χ0) is 23.5. The van der Waals surface area contributed by atoms with Gasteiger partial charge in [0.1, 0.15) is 5.82 Å². The van der Waals surface area contributed by atoms with E-state index in [9.17, 15) is 14.0 Å². The monoisotopic (exact) mass is 452 g/mol. The van der Waals surface area contributed by atoms with Crippen LogP contribution >= 0.6 is 0 Å². The minimum Gasteiger partial charge on any atom is -0.466 e. The van der Waals surface area contributed by atoms with Crippen LogP contribution in [0.25, 0.3) is 11.0 Å². The van der Waals surface area contributed by atoms with Crippen molar-refractivity contribution in [2.24, 2.45) is 13.0 Å². The number of aryl methyl sites for hydroxylation is 2. The number of hydrogen-bond acceptors (Lipinski definition) is 5. The molecule has 1 unspecified atom stereocenters. The number of benzene rings is 1. The van der Waals surface area contributed by atoms with Gasteiger partial charge in [-0.25, -0.2) is 9.37 Å². The SMILES string of the molecule is CCOC(=O)CC(c1ccc(F)cc1)C1CCN(C(=O)c2cnc3c(c2)c(C)nn3C)CC1. The number of fused-ring (bicyclic) bond motifs is 1. The van der Waals surface area contributed by atoms with Crippen LogP contribution in [0.15, 0.2) is 36.5 Å². The smallest absolute Gasteiger partial charge is 0.306 e. The lowest BCUT2D eigenvalue weighted by molar-refractivity contribution is -0.144. The molecular weight excluding hydrogens is 423 g/mol. The lowest BCUT2D eigenvalue weighted by Gasteiger charge is -2.36. The summed E-state index contributed by atoms with van der Waals surface area (Å²) in [7, 11) is 1.84. The van der Waals surface area contributed by atoms with Crippen molar-refractivity contribution in [1.82, 2.24) is 19.7 Å². The first kappa shape index (κ1) is 22.9. The number of likely N-dealkylation sites (tertiary alicyclic amines) is 1. The summed E-state index contributed by atoms with van der Waals surface area (Å²) in [5.41, 5.74) is 3.08. The van der Waals surface area contributed by atoms with E-state index in [0.717, 1.165) is 35.1 Å². The molecule has 0 spiro atoms. The fourth-order valence-electron chi connectivity index (χ4n) is 4.78. The van der Waals surface area contributed by atoms with Crippen molar-refractivity contribution in [3.63, 3.8) is 0 Å². The van der Waals surface area contributed by atoms with Gasteiger partial charge in [0.15, 0.2) is 5.65 Å². The van der Waals surface area contributed by atoms with E-state index in [1.54, 1.807) is 29.9 Å². The third-order valence-electron chi connectivity index (χ3n) is 6.50. The lowest BCUT2D eigenvalue weighted by Crippen LogP contribution is -2.40. The number of carbonyl (C=O) groups is 2. The summed E-state index contributed by atoms with van der Waals surface area (Å²) in [6.45, 7) is 5.20. The minimum atomic E-state index is -0.302. The Morgan fingerprint density at radius 1 is 1.21 bits per heavy atom. The standard InChI is InChI=1S/C25H29FN4O3/c1-4-33-23(31)14-22(17-5-7-20(26)8-6-17)18-9-11-30(12-10-18)25(32)19-13-21-16(2)28-29(3)24(21)27-15-19/h5-8,13,15,18,22H,4,9-12,14H2,1-3H3. The highest BCUT2D eigenvalue weighted by atomic mass is 19.1. The average molecular weight is 453 g/mol. The largest absolute Gasteiger partial charge is 0.466 e. The van der Waals surface area contributed by atoms with Gasteiger partial charge in [0.05, 0.1) is 24.3 Å². The number of carbonyl (C=O) groups excluding carboxylic acids is 2. The van der Waals surface area contributed by atoms with E-state index in [1.807, 2.05) is 24.9 Å². The van der Waals surface area contributed by atoms with E-state index in [4.69, 9.17) is 4.74 Å². The number of ether oxygens (including phenoxy) is 1. The number of piperidine rings is 1. The molecule has 1 aromatic carbocycles. The number of nitrogens with zero attached hydrogens (tertiary/aromatic N) is 4. The van der Waals surface area contributed by atoms with Crippen molar-refractivity contribution < 1.29 is 18.7 Å². The van der Waals surface area contributed by atoms with Crippen molar-refractivity contribution in [2.45, 2.75) is 39.0 Å². The fourth-order valence-corrected chi connectivity index (χ4v) is 4.78. The predicted octanol–water partition coefficient (Wildman–Crippen LogP) is 4.01. The highest BCUT2D eigenvalue weighted by Gasteiger charge is 2.31. The number of rotatable bonds is 6. The Bertz CT molecular complexity index is 1150. The van der Waals surface area contributed by atoms with Crippen LogP contribution in [-0.2, 0) is 16.6 Å². The van der Waals surface area contributed by atoms with Gasteiger partial charge in [0.2, 0.25) is 0 Å². The summed E-state index contributed by atoms with van der Waals surface area (Å²) in [4.78, 5) is 31.7. The maximum absolute atomic E-state index is 13.5. The van der Waals surface area contributed by atoms with Crippen LogP contribution < -0.4 is 0 Å².